The number of hydrogen-bond donors (Lipinski definition) is 2. The molecule has 6 atom stereocenters. The molecule has 0 aliphatic heterocycles. The first kappa shape index (κ1) is 18.5. The van der Waals surface area contributed by atoms with E-state index in [9.17, 15) is 5.11 Å². The summed E-state index contributed by atoms with van der Waals surface area (Å²) in [6, 6.07) is 0. The number of aliphatic hydroxyl groups is 1. The maximum atomic E-state index is 10.6. The van der Waals surface area contributed by atoms with E-state index in [0.717, 1.165) is 42.7 Å². The largest absolute Gasteiger partial charge is 0.396 e. The van der Waals surface area contributed by atoms with Crippen LogP contribution in [-0.4, -0.2) is 30.1 Å². The van der Waals surface area contributed by atoms with E-state index >= 15 is 0 Å². The summed E-state index contributed by atoms with van der Waals surface area (Å²) < 4.78 is 0. The predicted octanol–water partition coefficient (Wildman–Crippen LogP) is 4.03. The first-order chi connectivity index (χ1) is 12.5. The van der Waals surface area contributed by atoms with Crippen molar-refractivity contribution in [2.75, 3.05) is 13.2 Å². The highest BCUT2D eigenvalue weighted by Gasteiger charge is 2.58. The number of allylic oxidation sites excluding steroid dienone is 2. The first-order valence-electron chi connectivity index (χ1n) is 10.8. The Labute approximate surface area is 158 Å². The Bertz CT molecular complexity index is 601. The lowest BCUT2D eigenvalue weighted by atomic mass is 9.47. The molecular weight excluding hydrogens is 324 g/mol. The number of hydrogen-bond acceptors (Lipinski definition) is 4. The Kier molecular flexibility index (Phi) is 4.94. The monoisotopic (exact) mass is 360 g/mol. The number of rotatable bonds is 4. The minimum atomic E-state index is -0.0750. The summed E-state index contributed by atoms with van der Waals surface area (Å²) in [7, 11) is 0. The summed E-state index contributed by atoms with van der Waals surface area (Å²) in [6.45, 7) is 6.15. The topological polar surface area (TPSA) is 67.8 Å². The van der Waals surface area contributed by atoms with Crippen molar-refractivity contribution in [3.05, 3.63) is 11.6 Å². The molecule has 26 heavy (non-hydrogen) atoms. The number of nitrogens with zero attached hydrogens (tertiary/aromatic N) is 1. The second-order valence-corrected chi connectivity index (χ2v) is 9.70. The van der Waals surface area contributed by atoms with Crippen LogP contribution in [0.15, 0.2) is 16.8 Å². The van der Waals surface area contributed by atoms with Gasteiger partial charge in [-0.1, -0.05) is 24.6 Å². The standard InChI is InChI=1S/C22H36N2O2/c1-21-10-8-16(24-26-13-3-12-23)14-15(21)4-5-17-18-6-7-20(25)22(18,2)11-9-19(17)21/h14,17-20,25H,3-13,23H2,1-2H3. The van der Waals surface area contributed by atoms with Gasteiger partial charge in [0, 0.05) is 0 Å². The molecule has 4 rings (SSSR count). The second kappa shape index (κ2) is 6.94. The van der Waals surface area contributed by atoms with Crippen molar-refractivity contribution in [1.29, 1.82) is 0 Å². The number of oxime groups is 1. The molecule has 6 unspecified atom stereocenters. The van der Waals surface area contributed by atoms with Crippen LogP contribution in [0.5, 0.6) is 0 Å². The molecule has 4 aliphatic rings. The molecule has 146 valence electrons. The zero-order valence-corrected chi connectivity index (χ0v) is 16.5. The van der Waals surface area contributed by atoms with Crippen LogP contribution in [0.25, 0.3) is 0 Å². The number of fused-ring (bicyclic) bond motifs is 5. The molecule has 0 amide bonds. The summed E-state index contributed by atoms with van der Waals surface area (Å²) in [5, 5.41) is 14.9. The summed E-state index contributed by atoms with van der Waals surface area (Å²) in [5.74, 6) is 2.31. The molecule has 4 heteroatoms. The third-order valence-corrected chi connectivity index (χ3v) is 8.55. The normalized spacial score (nSPS) is 46.3. The van der Waals surface area contributed by atoms with Gasteiger partial charge in [0.25, 0.3) is 0 Å². The quantitative estimate of drug-likeness (QED) is 0.587. The summed E-state index contributed by atoms with van der Waals surface area (Å²) in [4.78, 5) is 5.45. The lowest BCUT2D eigenvalue weighted by Gasteiger charge is -2.57. The number of nitrogens with two attached hydrogens (primary N) is 1. The van der Waals surface area contributed by atoms with E-state index in [1.54, 1.807) is 5.57 Å². The zero-order chi connectivity index (χ0) is 18.4. The van der Waals surface area contributed by atoms with E-state index in [-0.39, 0.29) is 11.5 Å². The van der Waals surface area contributed by atoms with Crippen molar-refractivity contribution in [3.63, 3.8) is 0 Å². The molecular formula is C22H36N2O2. The van der Waals surface area contributed by atoms with Crippen LogP contribution >= 0.6 is 0 Å². The van der Waals surface area contributed by atoms with Crippen molar-refractivity contribution >= 4 is 5.71 Å². The highest BCUT2D eigenvalue weighted by atomic mass is 16.6. The van der Waals surface area contributed by atoms with Crippen LogP contribution < -0.4 is 5.73 Å². The van der Waals surface area contributed by atoms with Gasteiger partial charge in [0.2, 0.25) is 0 Å². The van der Waals surface area contributed by atoms with Crippen molar-refractivity contribution < 1.29 is 9.94 Å². The van der Waals surface area contributed by atoms with Crippen molar-refractivity contribution in [3.8, 4) is 0 Å². The number of aliphatic hydroxyl groups excluding tert-OH is 1. The molecule has 0 aromatic heterocycles. The summed E-state index contributed by atoms with van der Waals surface area (Å²) in [5.41, 5.74) is 8.74. The van der Waals surface area contributed by atoms with Crippen LogP contribution in [-0.2, 0) is 4.84 Å². The Morgan fingerprint density at radius 2 is 2.00 bits per heavy atom. The highest BCUT2D eigenvalue weighted by molar-refractivity contribution is 5.96. The van der Waals surface area contributed by atoms with E-state index in [0.29, 0.717) is 18.6 Å². The molecule has 0 heterocycles. The van der Waals surface area contributed by atoms with Crippen LogP contribution in [0, 0.1) is 28.6 Å². The van der Waals surface area contributed by atoms with Crippen LogP contribution in [0.2, 0.25) is 0 Å². The lowest BCUT2D eigenvalue weighted by Crippen LogP contribution is -2.51. The van der Waals surface area contributed by atoms with Crippen molar-refractivity contribution in [1.82, 2.24) is 0 Å². The third kappa shape index (κ3) is 2.84. The van der Waals surface area contributed by atoms with Gasteiger partial charge in [-0.25, -0.2) is 0 Å². The molecule has 3 fully saturated rings. The van der Waals surface area contributed by atoms with Crippen LogP contribution in [0.4, 0.5) is 0 Å². The SMILES string of the molecule is CC12CCC(=NOCCCN)C=C1CCC1C2CCC2(C)C(O)CCC12. The fourth-order valence-electron chi connectivity index (χ4n) is 6.89. The van der Waals surface area contributed by atoms with E-state index in [1.165, 1.54) is 38.5 Å². The first-order valence-corrected chi connectivity index (χ1v) is 10.8. The van der Waals surface area contributed by atoms with Crippen LogP contribution in [0.3, 0.4) is 0 Å². The molecule has 3 N–H and O–H groups in total. The molecule has 0 spiro atoms. The van der Waals surface area contributed by atoms with Crippen LogP contribution in [0.1, 0.15) is 71.6 Å². The molecule has 3 saturated carbocycles. The average Bonchev–Trinajstić information content (AvgIpc) is 2.94. The fourth-order valence-corrected chi connectivity index (χ4v) is 6.89. The molecule has 0 aromatic rings. The van der Waals surface area contributed by atoms with Crippen molar-refractivity contribution in [2.24, 2.45) is 39.5 Å². The third-order valence-electron chi connectivity index (χ3n) is 8.55. The summed E-state index contributed by atoms with van der Waals surface area (Å²) in [6.07, 6.45) is 12.6. The molecule has 0 saturated heterocycles. The Balaban J connectivity index is 1.52. The lowest BCUT2D eigenvalue weighted by molar-refractivity contribution is -0.0722. The van der Waals surface area contributed by atoms with Gasteiger partial charge in [0.15, 0.2) is 0 Å². The smallest absolute Gasteiger partial charge is 0.118 e. The Morgan fingerprint density at radius 1 is 1.15 bits per heavy atom. The van der Waals surface area contributed by atoms with Gasteiger partial charge in [-0.15, -0.1) is 0 Å². The van der Waals surface area contributed by atoms with E-state index in [2.05, 4.69) is 25.1 Å². The molecule has 0 aromatic carbocycles. The van der Waals surface area contributed by atoms with Gasteiger partial charge >= 0.3 is 0 Å². The molecule has 4 nitrogen and oxygen atoms in total. The van der Waals surface area contributed by atoms with E-state index in [4.69, 9.17) is 10.6 Å². The minimum Gasteiger partial charge on any atom is -0.396 e. The van der Waals surface area contributed by atoms with Gasteiger partial charge in [0.05, 0.1) is 11.8 Å². The molecule has 0 radical (unpaired) electrons. The Morgan fingerprint density at radius 3 is 2.81 bits per heavy atom. The Hall–Kier alpha value is -0.870. The molecule has 0 bridgehead atoms. The van der Waals surface area contributed by atoms with Crippen molar-refractivity contribution in [2.45, 2.75) is 77.7 Å². The maximum Gasteiger partial charge on any atom is 0.118 e. The molecule has 4 aliphatic carbocycles. The van der Waals surface area contributed by atoms with E-state index < -0.39 is 0 Å². The fraction of sp³-hybridized carbons (Fsp3) is 0.864. The average molecular weight is 361 g/mol. The highest BCUT2D eigenvalue weighted by Crippen LogP contribution is 2.65. The minimum absolute atomic E-state index is 0.0750. The maximum absolute atomic E-state index is 10.6. The van der Waals surface area contributed by atoms with E-state index in [1.807, 2.05) is 0 Å². The van der Waals surface area contributed by atoms with Gasteiger partial charge < -0.3 is 15.7 Å². The summed E-state index contributed by atoms with van der Waals surface area (Å²) >= 11 is 0. The van der Waals surface area contributed by atoms with Gasteiger partial charge in [-0.3, -0.25) is 0 Å². The second-order valence-electron chi connectivity index (χ2n) is 9.70. The van der Waals surface area contributed by atoms with Gasteiger partial charge in [-0.2, -0.15) is 0 Å². The zero-order valence-electron chi connectivity index (χ0n) is 16.5. The van der Waals surface area contributed by atoms with Gasteiger partial charge in [-0.05, 0) is 99.0 Å². The predicted molar refractivity (Wildman–Crippen MR) is 105 cm³/mol. The van der Waals surface area contributed by atoms with Gasteiger partial charge in [0.1, 0.15) is 6.61 Å².